The Morgan fingerprint density at radius 3 is 2.41 bits per heavy atom. The van der Waals surface area contributed by atoms with Crippen molar-refractivity contribution in [3.05, 3.63) is 71.5 Å². The Kier molecular flexibility index (Phi) is 5.63. The van der Waals surface area contributed by atoms with E-state index in [-0.39, 0.29) is 18.7 Å². The standard InChI is InChI=1S/C17H19FN2O2/c18-15-9-5-4-8-14(15)16(21)11-20(12-17(19)22)10-13-6-2-1-3-7-13/h1-9,16,21H,10-12H2,(H2,19,22). The smallest absolute Gasteiger partial charge is 0.231 e. The highest BCUT2D eigenvalue weighted by atomic mass is 19.1. The molecule has 0 spiro atoms. The molecule has 0 radical (unpaired) electrons. The fourth-order valence-corrected chi connectivity index (χ4v) is 2.34. The molecule has 2 rings (SSSR count). The molecule has 0 fully saturated rings. The van der Waals surface area contributed by atoms with Gasteiger partial charge in [0.25, 0.3) is 0 Å². The molecule has 2 aromatic rings. The summed E-state index contributed by atoms with van der Waals surface area (Å²) in [5.41, 5.74) is 6.46. The highest BCUT2D eigenvalue weighted by molar-refractivity contribution is 5.75. The molecule has 0 aliphatic carbocycles. The second-order valence-electron chi connectivity index (χ2n) is 5.16. The average molecular weight is 302 g/mol. The Balaban J connectivity index is 2.09. The summed E-state index contributed by atoms with van der Waals surface area (Å²) in [5, 5.41) is 10.2. The predicted octanol–water partition coefficient (Wildman–Crippen LogP) is 1.85. The molecule has 2 aromatic carbocycles. The molecule has 116 valence electrons. The van der Waals surface area contributed by atoms with Gasteiger partial charge in [-0.1, -0.05) is 48.5 Å². The number of hydrogen-bond donors (Lipinski definition) is 2. The van der Waals surface area contributed by atoms with Crippen LogP contribution in [0.4, 0.5) is 4.39 Å². The highest BCUT2D eigenvalue weighted by Crippen LogP contribution is 2.18. The molecule has 0 saturated heterocycles. The Morgan fingerprint density at radius 1 is 1.14 bits per heavy atom. The van der Waals surface area contributed by atoms with Gasteiger partial charge in [-0.15, -0.1) is 0 Å². The van der Waals surface area contributed by atoms with Crippen LogP contribution in [-0.2, 0) is 11.3 Å². The summed E-state index contributed by atoms with van der Waals surface area (Å²) in [5.74, 6) is -0.953. The quantitative estimate of drug-likeness (QED) is 0.820. The molecule has 4 nitrogen and oxygen atoms in total. The highest BCUT2D eigenvalue weighted by Gasteiger charge is 2.18. The van der Waals surface area contributed by atoms with Crippen molar-refractivity contribution in [2.45, 2.75) is 12.6 Å². The van der Waals surface area contributed by atoms with Crippen LogP contribution in [0.1, 0.15) is 17.2 Å². The first-order chi connectivity index (χ1) is 10.6. The van der Waals surface area contributed by atoms with Crippen LogP contribution in [0.15, 0.2) is 54.6 Å². The number of aliphatic hydroxyl groups excluding tert-OH is 1. The number of hydrogen-bond acceptors (Lipinski definition) is 3. The zero-order chi connectivity index (χ0) is 15.9. The van der Waals surface area contributed by atoms with Crippen LogP contribution in [0.5, 0.6) is 0 Å². The van der Waals surface area contributed by atoms with E-state index in [1.807, 2.05) is 30.3 Å². The third-order valence-corrected chi connectivity index (χ3v) is 3.32. The van der Waals surface area contributed by atoms with E-state index >= 15 is 0 Å². The van der Waals surface area contributed by atoms with E-state index in [1.165, 1.54) is 12.1 Å². The third-order valence-electron chi connectivity index (χ3n) is 3.32. The maximum absolute atomic E-state index is 13.7. The number of primary amides is 1. The maximum atomic E-state index is 13.7. The van der Waals surface area contributed by atoms with Gasteiger partial charge < -0.3 is 10.8 Å². The van der Waals surface area contributed by atoms with Gasteiger partial charge in [-0.05, 0) is 11.6 Å². The number of aliphatic hydroxyl groups is 1. The normalized spacial score (nSPS) is 12.3. The largest absolute Gasteiger partial charge is 0.387 e. The fourth-order valence-electron chi connectivity index (χ4n) is 2.34. The summed E-state index contributed by atoms with van der Waals surface area (Å²) in [6.45, 7) is 0.578. The molecule has 0 bridgehead atoms. The first kappa shape index (κ1) is 16.1. The molecule has 0 aromatic heterocycles. The van der Waals surface area contributed by atoms with Gasteiger partial charge in [-0.3, -0.25) is 9.69 Å². The Labute approximate surface area is 129 Å². The molecule has 1 unspecified atom stereocenters. The number of nitrogens with zero attached hydrogens (tertiary/aromatic N) is 1. The van der Waals surface area contributed by atoms with Crippen LogP contribution in [0.3, 0.4) is 0 Å². The number of carbonyl (C=O) groups excluding carboxylic acids is 1. The molecule has 3 N–H and O–H groups in total. The van der Waals surface area contributed by atoms with Crippen LogP contribution < -0.4 is 5.73 Å². The Morgan fingerprint density at radius 2 is 1.77 bits per heavy atom. The van der Waals surface area contributed by atoms with Crippen LogP contribution in [0.2, 0.25) is 0 Å². The van der Waals surface area contributed by atoms with Gasteiger partial charge in [0.1, 0.15) is 5.82 Å². The van der Waals surface area contributed by atoms with Crippen LogP contribution in [0, 0.1) is 5.82 Å². The van der Waals surface area contributed by atoms with Crippen molar-refractivity contribution in [1.82, 2.24) is 4.90 Å². The second-order valence-corrected chi connectivity index (χ2v) is 5.16. The van der Waals surface area contributed by atoms with Gasteiger partial charge >= 0.3 is 0 Å². The zero-order valence-electron chi connectivity index (χ0n) is 12.2. The van der Waals surface area contributed by atoms with Gasteiger partial charge in [0.2, 0.25) is 5.91 Å². The molecule has 22 heavy (non-hydrogen) atoms. The van der Waals surface area contributed by atoms with Crippen LogP contribution in [0.25, 0.3) is 0 Å². The summed E-state index contributed by atoms with van der Waals surface area (Å²) in [7, 11) is 0. The number of halogens is 1. The lowest BCUT2D eigenvalue weighted by molar-refractivity contribution is -0.119. The van der Waals surface area contributed by atoms with Crippen molar-refractivity contribution < 1.29 is 14.3 Å². The third kappa shape index (κ3) is 4.65. The fraction of sp³-hybridized carbons (Fsp3) is 0.235. The van der Waals surface area contributed by atoms with Crippen molar-refractivity contribution in [2.75, 3.05) is 13.1 Å². The van der Waals surface area contributed by atoms with Gasteiger partial charge in [-0.2, -0.15) is 0 Å². The lowest BCUT2D eigenvalue weighted by Gasteiger charge is -2.24. The van der Waals surface area contributed by atoms with E-state index in [0.717, 1.165) is 5.56 Å². The molecular weight excluding hydrogens is 283 g/mol. The summed E-state index contributed by atoms with van der Waals surface area (Å²) >= 11 is 0. The molecular formula is C17H19FN2O2. The molecule has 0 heterocycles. The van der Waals surface area contributed by atoms with Gasteiger partial charge in [-0.25, -0.2) is 4.39 Å². The number of amides is 1. The minimum absolute atomic E-state index is 0.000404. The number of nitrogens with two attached hydrogens (primary N) is 1. The molecule has 0 aliphatic heterocycles. The molecule has 0 saturated carbocycles. The first-order valence-electron chi connectivity index (χ1n) is 7.03. The van der Waals surface area contributed by atoms with Gasteiger partial charge in [0.05, 0.1) is 12.6 Å². The summed E-state index contributed by atoms with van der Waals surface area (Å²) in [4.78, 5) is 12.9. The minimum atomic E-state index is -1.02. The molecule has 1 atom stereocenters. The summed E-state index contributed by atoms with van der Waals surface area (Å²) in [6, 6.07) is 15.6. The monoisotopic (exact) mass is 302 g/mol. The Bertz CT molecular complexity index is 619. The minimum Gasteiger partial charge on any atom is -0.387 e. The van der Waals surface area contributed by atoms with Gasteiger partial charge in [0.15, 0.2) is 0 Å². The van der Waals surface area contributed by atoms with Crippen LogP contribution in [-0.4, -0.2) is 29.0 Å². The van der Waals surface area contributed by atoms with E-state index in [1.54, 1.807) is 17.0 Å². The van der Waals surface area contributed by atoms with Crippen molar-refractivity contribution >= 4 is 5.91 Å². The SMILES string of the molecule is NC(=O)CN(Cc1ccccc1)CC(O)c1ccccc1F. The number of rotatable bonds is 7. The number of carbonyl (C=O) groups is 1. The van der Waals surface area contributed by atoms with Crippen molar-refractivity contribution in [2.24, 2.45) is 5.73 Å². The lowest BCUT2D eigenvalue weighted by Crippen LogP contribution is -2.36. The maximum Gasteiger partial charge on any atom is 0.231 e. The van der Waals surface area contributed by atoms with Crippen molar-refractivity contribution in [1.29, 1.82) is 0 Å². The molecule has 5 heteroatoms. The van der Waals surface area contributed by atoms with E-state index in [2.05, 4.69) is 0 Å². The van der Waals surface area contributed by atoms with Crippen LogP contribution >= 0.6 is 0 Å². The van der Waals surface area contributed by atoms with Crippen molar-refractivity contribution in [3.8, 4) is 0 Å². The van der Waals surface area contributed by atoms with E-state index in [4.69, 9.17) is 5.73 Å². The molecule has 0 aliphatic rings. The van der Waals surface area contributed by atoms with E-state index in [0.29, 0.717) is 6.54 Å². The summed E-state index contributed by atoms with van der Waals surface area (Å²) < 4.78 is 13.7. The average Bonchev–Trinajstić information content (AvgIpc) is 2.48. The first-order valence-corrected chi connectivity index (χ1v) is 7.03. The zero-order valence-corrected chi connectivity index (χ0v) is 12.2. The van der Waals surface area contributed by atoms with Crippen molar-refractivity contribution in [3.63, 3.8) is 0 Å². The lowest BCUT2D eigenvalue weighted by atomic mass is 10.1. The van der Waals surface area contributed by atoms with Gasteiger partial charge in [0, 0.05) is 18.7 Å². The molecule has 1 amide bonds. The summed E-state index contributed by atoms with van der Waals surface area (Å²) in [6.07, 6.45) is -1.02. The predicted molar refractivity (Wildman–Crippen MR) is 82.3 cm³/mol. The second kappa shape index (κ2) is 7.68. The Hall–Kier alpha value is -2.24. The number of benzene rings is 2. The van der Waals surface area contributed by atoms with E-state index < -0.39 is 17.8 Å². The topological polar surface area (TPSA) is 66.6 Å². The van der Waals surface area contributed by atoms with E-state index in [9.17, 15) is 14.3 Å².